The second kappa shape index (κ2) is 7.23. The molecule has 0 aliphatic carbocycles. The van der Waals surface area contributed by atoms with Gasteiger partial charge in [-0.3, -0.25) is 0 Å². The molecule has 35 heavy (non-hydrogen) atoms. The summed E-state index contributed by atoms with van der Waals surface area (Å²) in [5.74, 6) is -0.257. The third-order valence-electron chi connectivity index (χ3n) is 5.10. The van der Waals surface area contributed by atoms with Gasteiger partial charge in [0.1, 0.15) is 27.2 Å². The number of fused-ring (bicyclic) bond motifs is 5. The van der Waals surface area contributed by atoms with Crippen molar-refractivity contribution >= 4 is 43.4 Å². The number of hydrogen-bond donors (Lipinski definition) is 0. The number of halogens is 3. The summed E-state index contributed by atoms with van der Waals surface area (Å²) in [6.07, 6.45) is -0.292. The SMILES string of the molecule is Cc1cc(C(F)(F)F)nc2sc3c(ncn4nc(-c5ccn(Cn6cnc([N+](=O)[O-])n6)n5)nc34)c12. The van der Waals surface area contributed by atoms with E-state index in [0.717, 1.165) is 17.4 Å². The predicted molar refractivity (Wildman–Crippen MR) is 115 cm³/mol. The Balaban J connectivity index is 1.40. The molecular formula is C18H10F3N11O2S. The third kappa shape index (κ3) is 3.43. The molecule has 0 amide bonds. The summed E-state index contributed by atoms with van der Waals surface area (Å²) in [6.45, 7) is 1.66. The molecule has 0 aliphatic rings. The fraction of sp³-hybridized carbons (Fsp3) is 0.167. The molecule has 0 spiro atoms. The standard InChI is InChI=1S/C18H10F3N11O2S/c1-8-4-10(18(19,20)21)24-16-11(8)12-13(35-16)15-25-14(27-31(15)6-22-12)9-2-3-29(26-9)7-30-5-23-17(28-30)32(33)34/h2-6H,7H2,1H3. The predicted octanol–water partition coefficient (Wildman–Crippen LogP) is 3.08. The Bertz CT molecular complexity index is 1780. The van der Waals surface area contributed by atoms with Gasteiger partial charge >= 0.3 is 12.1 Å². The van der Waals surface area contributed by atoms with E-state index in [1.165, 1.54) is 26.5 Å². The first-order chi connectivity index (χ1) is 16.7. The van der Waals surface area contributed by atoms with E-state index in [-0.39, 0.29) is 17.3 Å². The molecule has 6 rings (SSSR count). The normalized spacial score (nSPS) is 12.3. The van der Waals surface area contributed by atoms with E-state index >= 15 is 0 Å². The molecule has 0 radical (unpaired) electrons. The second-order valence-electron chi connectivity index (χ2n) is 7.45. The maximum absolute atomic E-state index is 13.2. The molecule has 0 bridgehead atoms. The van der Waals surface area contributed by atoms with Gasteiger partial charge in [-0.25, -0.2) is 24.1 Å². The van der Waals surface area contributed by atoms with Crippen LogP contribution in [0.2, 0.25) is 0 Å². The minimum atomic E-state index is -4.56. The van der Waals surface area contributed by atoms with E-state index in [1.807, 2.05) is 0 Å². The molecule has 0 saturated carbocycles. The van der Waals surface area contributed by atoms with Crippen molar-refractivity contribution in [2.45, 2.75) is 19.8 Å². The number of nitrogens with zero attached hydrogens (tertiary/aromatic N) is 11. The first-order valence-electron chi connectivity index (χ1n) is 9.77. The van der Waals surface area contributed by atoms with E-state index < -0.39 is 22.7 Å². The van der Waals surface area contributed by atoms with Crippen molar-refractivity contribution in [2.75, 3.05) is 0 Å². The molecule has 6 aromatic rings. The Morgan fingerprint density at radius 2 is 1.94 bits per heavy atom. The zero-order chi connectivity index (χ0) is 24.5. The highest BCUT2D eigenvalue weighted by molar-refractivity contribution is 7.26. The average Bonchev–Trinajstić information content (AvgIpc) is 3.57. The van der Waals surface area contributed by atoms with Crippen molar-refractivity contribution in [2.24, 2.45) is 0 Å². The minimum absolute atomic E-state index is 0.0722. The maximum Gasteiger partial charge on any atom is 0.491 e. The molecule has 0 N–H and O–H groups in total. The highest BCUT2D eigenvalue weighted by Crippen LogP contribution is 2.38. The number of nitro groups is 1. The van der Waals surface area contributed by atoms with Crippen molar-refractivity contribution in [1.82, 2.24) is 49.1 Å². The Morgan fingerprint density at radius 3 is 2.69 bits per heavy atom. The van der Waals surface area contributed by atoms with Gasteiger partial charge in [0, 0.05) is 16.7 Å². The molecule has 176 valence electrons. The van der Waals surface area contributed by atoms with Gasteiger partial charge in [0.2, 0.25) is 12.2 Å². The fourth-order valence-electron chi connectivity index (χ4n) is 3.61. The number of aryl methyl sites for hydroxylation is 1. The average molecular weight is 501 g/mol. The van der Waals surface area contributed by atoms with Crippen LogP contribution in [0.3, 0.4) is 0 Å². The molecule has 0 atom stereocenters. The van der Waals surface area contributed by atoms with Crippen LogP contribution in [0.1, 0.15) is 11.3 Å². The van der Waals surface area contributed by atoms with Gasteiger partial charge in [0.15, 0.2) is 12.3 Å². The summed E-state index contributed by atoms with van der Waals surface area (Å²) in [6, 6.07) is 2.66. The molecule has 0 fully saturated rings. The lowest BCUT2D eigenvalue weighted by atomic mass is 10.1. The number of aromatic nitrogens is 10. The van der Waals surface area contributed by atoms with Gasteiger partial charge in [-0.2, -0.15) is 23.0 Å². The van der Waals surface area contributed by atoms with Crippen LogP contribution in [0.15, 0.2) is 31.0 Å². The minimum Gasteiger partial charge on any atom is -0.390 e. The van der Waals surface area contributed by atoms with Crippen molar-refractivity contribution in [3.8, 4) is 11.5 Å². The van der Waals surface area contributed by atoms with Crippen LogP contribution >= 0.6 is 11.3 Å². The molecule has 6 aromatic heterocycles. The molecule has 0 unspecified atom stereocenters. The molecular weight excluding hydrogens is 491 g/mol. The van der Waals surface area contributed by atoms with Crippen LogP contribution in [0.4, 0.5) is 19.1 Å². The summed E-state index contributed by atoms with van der Waals surface area (Å²) in [7, 11) is 0. The Hall–Kier alpha value is -4.54. The lowest BCUT2D eigenvalue weighted by molar-refractivity contribution is -0.394. The summed E-state index contributed by atoms with van der Waals surface area (Å²) in [4.78, 5) is 26.5. The number of alkyl halides is 3. The lowest BCUT2D eigenvalue weighted by Gasteiger charge is -2.06. The Labute approximate surface area is 194 Å². The van der Waals surface area contributed by atoms with Crippen LogP contribution in [0, 0.1) is 17.0 Å². The topological polar surface area (TPSA) is 148 Å². The first-order valence-corrected chi connectivity index (χ1v) is 10.6. The second-order valence-corrected chi connectivity index (χ2v) is 8.45. The Morgan fingerprint density at radius 1 is 1.11 bits per heavy atom. The highest BCUT2D eigenvalue weighted by atomic mass is 32.1. The van der Waals surface area contributed by atoms with Crippen LogP contribution < -0.4 is 0 Å². The van der Waals surface area contributed by atoms with E-state index in [9.17, 15) is 23.3 Å². The zero-order valence-corrected chi connectivity index (χ0v) is 18.2. The summed E-state index contributed by atoms with van der Waals surface area (Å²) in [5, 5.41) is 23.8. The van der Waals surface area contributed by atoms with Gasteiger partial charge in [0.25, 0.3) is 0 Å². The number of rotatable bonds is 4. The number of thiophene rings is 1. The fourth-order valence-corrected chi connectivity index (χ4v) is 4.79. The van der Waals surface area contributed by atoms with Crippen LogP contribution in [-0.2, 0) is 12.8 Å². The highest BCUT2D eigenvalue weighted by Gasteiger charge is 2.33. The van der Waals surface area contributed by atoms with Crippen molar-refractivity contribution in [3.63, 3.8) is 0 Å². The number of hydrogen-bond acceptors (Lipinski definition) is 10. The zero-order valence-electron chi connectivity index (χ0n) is 17.4. The van der Waals surface area contributed by atoms with Gasteiger partial charge < -0.3 is 10.1 Å². The van der Waals surface area contributed by atoms with Crippen molar-refractivity contribution < 1.29 is 18.1 Å². The lowest BCUT2D eigenvalue weighted by Crippen LogP contribution is -2.09. The quantitative estimate of drug-likeness (QED) is 0.262. The molecule has 17 heteroatoms. The monoisotopic (exact) mass is 501 g/mol. The van der Waals surface area contributed by atoms with E-state index in [0.29, 0.717) is 32.5 Å². The summed E-state index contributed by atoms with van der Waals surface area (Å²) in [5.41, 5.74) is 0.759. The number of pyridine rings is 1. The summed E-state index contributed by atoms with van der Waals surface area (Å²) < 4.78 is 44.4. The largest absolute Gasteiger partial charge is 0.491 e. The molecule has 0 saturated heterocycles. The van der Waals surface area contributed by atoms with Gasteiger partial charge in [-0.1, -0.05) is 4.98 Å². The molecule has 13 nitrogen and oxygen atoms in total. The molecule has 6 heterocycles. The molecule has 0 aliphatic heterocycles. The Kier molecular flexibility index (Phi) is 4.34. The van der Waals surface area contributed by atoms with Gasteiger partial charge in [-0.05, 0) is 29.5 Å². The maximum atomic E-state index is 13.2. The van der Waals surface area contributed by atoms with Crippen molar-refractivity contribution in [3.05, 3.63) is 52.4 Å². The summed E-state index contributed by atoms with van der Waals surface area (Å²) >= 11 is 1.06. The third-order valence-corrected chi connectivity index (χ3v) is 6.17. The van der Waals surface area contributed by atoms with Crippen LogP contribution in [0.5, 0.6) is 0 Å². The first kappa shape index (κ1) is 21.0. The van der Waals surface area contributed by atoms with Crippen molar-refractivity contribution in [1.29, 1.82) is 0 Å². The smallest absolute Gasteiger partial charge is 0.390 e. The van der Waals surface area contributed by atoms with E-state index in [1.54, 1.807) is 19.2 Å². The molecule has 0 aromatic carbocycles. The van der Waals surface area contributed by atoms with E-state index in [4.69, 9.17) is 0 Å². The van der Waals surface area contributed by atoms with Gasteiger partial charge in [-0.15, -0.1) is 16.4 Å². The van der Waals surface area contributed by atoms with Crippen LogP contribution in [-0.4, -0.2) is 54.0 Å². The van der Waals surface area contributed by atoms with E-state index in [2.05, 4.69) is 35.2 Å². The van der Waals surface area contributed by atoms with Crippen LogP contribution in [0.25, 0.3) is 37.6 Å². The van der Waals surface area contributed by atoms with Gasteiger partial charge in [0.05, 0.1) is 5.52 Å².